The van der Waals surface area contributed by atoms with Crippen LogP contribution in [-0.4, -0.2) is 38.1 Å². The van der Waals surface area contributed by atoms with Crippen molar-refractivity contribution in [1.29, 1.82) is 0 Å². The number of para-hydroxylation sites is 1. The second kappa shape index (κ2) is 7.57. The number of carbonyl (C=O) groups excluding carboxylic acids is 1. The third-order valence-corrected chi connectivity index (χ3v) is 4.37. The van der Waals surface area contributed by atoms with E-state index >= 15 is 0 Å². The maximum Gasteiger partial charge on any atom is 0.259 e. The molecule has 0 fully saturated rings. The third kappa shape index (κ3) is 4.12. The van der Waals surface area contributed by atoms with Gasteiger partial charge in [0.15, 0.2) is 6.61 Å². The number of fused-ring (bicyclic) bond motifs is 1. The number of ether oxygens (including phenoxy) is 2. The van der Waals surface area contributed by atoms with Crippen LogP contribution < -0.4 is 14.8 Å². The van der Waals surface area contributed by atoms with Gasteiger partial charge in [-0.25, -0.2) is 0 Å². The maximum atomic E-state index is 11.7. The largest absolute Gasteiger partial charge is 0.491 e. The first-order valence-electron chi connectivity index (χ1n) is 8.45. The minimum absolute atomic E-state index is 0.0438. The van der Waals surface area contributed by atoms with Crippen LogP contribution in [0.4, 0.5) is 0 Å². The van der Waals surface area contributed by atoms with Crippen LogP contribution in [0.5, 0.6) is 11.5 Å². The lowest BCUT2D eigenvalue weighted by Crippen LogP contribution is -2.27. The second-order valence-corrected chi connectivity index (χ2v) is 6.44. The Bertz CT molecular complexity index is 745. The van der Waals surface area contributed by atoms with Gasteiger partial charge in [0.2, 0.25) is 0 Å². The maximum absolute atomic E-state index is 11.7. The van der Waals surface area contributed by atoms with Crippen LogP contribution in [0.25, 0.3) is 0 Å². The highest BCUT2D eigenvalue weighted by Crippen LogP contribution is 2.33. The van der Waals surface area contributed by atoms with Crippen LogP contribution in [0.2, 0.25) is 0 Å². The zero-order valence-corrected chi connectivity index (χ0v) is 14.9. The number of amides is 1. The SMILES string of the molecule is CC(NC1COc2ccccc21)c1cccc(OCC(=O)N(C)C)c1. The van der Waals surface area contributed by atoms with E-state index in [1.54, 1.807) is 14.1 Å². The number of hydrogen-bond acceptors (Lipinski definition) is 4. The summed E-state index contributed by atoms with van der Waals surface area (Å²) >= 11 is 0. The molecule has 1 N–H and O–H groups in total. The molecule has 5 nitrogen and oxygen atoms in total. The van der Waals surface area contributed by atoms with E-state index in [1.807, 2.05) is 36.4 Å². The molecule has 0 bridgehead atoms. The van der Waals surface area contributed by atoms with Gasteiger partial charge in [-0.1, -0.05) is 30.3 Å². The summed E-state index contributed by atoms with van der Waals surface area (Å²) in [6, 6.07) is 16.3. The lowest BCUT2D eigenvalue weighted by Gasteiger charge is -2.20. The van der Waals surface area contributed by atoms with Gasteiger partial charge in [-0.2, -0.15) is 0 Å². The van der Waals surface area contributed by atoms with Crippen molar-refractivity contribution in [2.24, 2.45) is 0 Å². The predicted octanol–water partition coefficient (Wildman–Crippen LogP) is 2.94. The normalized spacial score (nSPS) is 16.7. The van der Waals surface area contributed by atoms with Crippen LogP contribution in [0, 0.1) is 0 Å². The average molecular weight is 340 g/mol. The van der Waals surface area contributed by atoms with Gasteiger partial charge in [0.1, 0.15) is 18.1 Å². The average Bonchev–Trinajstić information content (AvgIpc) is 3.03. The Labute approximate surface area is 148 Å². The van der Waals surface area contributed by atoms with Crippen LogP contribution >= 0.6 is 0 Å². The number of nitrogens with one attached hydrogen (secondary N) is 1. The highest BCUT2D eigenvalue weighted by molar-refractivity contribution is 5.77. The summed E-state index contributed by atoms with van der Waals surface area (Å²) in [6.45, 7) is 2.80. The summed E-state index contributed by atoms with van der Waals surface area (Å²) in [5.74, 6) is 1.59. The third-order valence-electron chi connectivity index (χ3n) is 4.37. The molecule has 0 saturated carbocycles. The summed E-state index contributed by atoms with van der Waals surface area (Å²) < 4.78 is 11.3. The number of likely N-dealkylation sites (N-methyl/N-ethyl adjacent to an activating group) is 1. The molecule has 2 unspecified atom stereocenters. The van der Waals surface area contributed by atoms with Gasteiger partial charge in [0.05, 0.1) is 6.04 Å². The number of carbonyl (C=O) groups is 1. The van der Waals surface area contributed by atoms with Gasteiger partial charge in [-0.3, -0.25) is 4.79 Å². The van der Waals surface area contributed by atoms with E-state index in [0.717, 1.165) is 11.3 Å². The predicted molar refractivity (Wildman–Crippen MR) is 96.9 cm³/mol. The Kier molecular flexibility index (Phi) is 5.24. The molecule has 2 atom stereocenters. The fourth-order valence-electron chi connectivity index (χ4n) is 2.85. The van der Waals surface area contributed by atoms with Crippen molar-refractivity contribution in [1.82, 2.24) is 10.2 Å². The van der Waals surface area contributed by atoms with Crippen LogP contribution in [0.1, 0.15) is 30.1 Å². The molecule has 0 aliphatic carbocycles. The number of nitrogens with zero attached hydrogens (tertiary/aromatic N) is 1. The fourth-order valence-corrected chi connectivity index (χ4v) is 2.85. The molecule has 5 heteroatoms. The van der Waals surface area contributed by atoms with Crippen molar-refractivity contribution in [2.45, 2.75) is 19.0 Å². The molecule has 1 aliphatic heterocycles. The van der Waals surface area contributed by atoms with Crippen LogP contribution in [0.15, 0.2) is 48.5 Å². The molecule has 1 aliphatic rings. The van der Waals surface area contributed by atoms with Gasteiger partial charge in [0.25, 0.3) is 5.91 Å². The molecule has 2 aromatic carbocycles. The van der Waals surface area contributed by atoms with Crippen molar-refractivity contribution in [2.75, 3.05) is 27.3 Å². The molecule has 0 aromatic heterocycles. The van der Waals surface area contributed by atoms with Crippen molar-refractivity contribution in [3.05, 3.63) is 59.7 Å². The molecule has 25 heavy (non-hydrogen) atoms. The summed E-state index contributed by atoms with van der Waals surface area (Å²) in [4.78, 5) is 13.2. The zero-order valence-electron chi connectivity index (χ0n) is 14.9. The lowest BCUT2D eigenvalue weighted by molar-refractivity contribution is -0.130. The summed E-state index contributed by atoms with van der Waals surface area (Å²) in [5, 5.41) is 3.61. The molecule has 0 spiro atoms. The van der Waals surface area contributed by atoms with Crippen molar-refractivity contribution in [3.63, 3.8) is 0 Å². The first kappa shape index (κ1) is 17.3. The standard InChI is InChI=1S/C20H24N2O3/c1-14(21-18-12-25-19-10-5-4-9-17(18)19)15-7-6-8-16(11-15)24-13-20(23)22(2)3/h4-11,14,18,21H,12-13H2,1-3H3. The molecular formula is C20H24N2O3. The quantitative estimate of drug-likeness (QED) is 0.878. The first-order valence-corrected chi connectivity index (χ1v) is 8.45. The Morgan fingerprint density at radius 3 is 2.88 bits per heavy atom. The first-order chi connectivity index (χ1) is 12.0. The molecule has 1 heterocycles. The van der Waals surface area contributed by atoms with Gasteiger partial charge < -0.3 is 19.7 Å². The minimum atomic E-state index is -0.0590. The summed E-state index contributed by atoms with van der Waals surface area (Å²) in [7, 11) is 3.44. The molecule has 0 saturated heterocycles. The van der Waals surface area contributed by atoms with E-state index in [-0.39, 0.29) is 24.6 Å². The Hall–Kier alpha value is -2.53. The molecule has 0 radical (unpaired) electrons. The van der Waals surface area contributed by atoms with Gasteiger partial charge in [0, 0.05) is 25.7 Å². The van der Waals surface area contributed by atoms with E-state index in [9.17, 15) is 4.79 Å². The monoisotopic (exact) mass is 340 g/mol. The topological polar surface area (TPSA) is 50.8 Å². The Morgan fingerprint density at radius 1 is 1.28 bits per heavy atom. The van der Waals surface area contributed by atoms with Crippen molar-refractivity contribution >= 4 is 5.91 Å². The minimum Gasteiger partial charge on any atom is -0.491 e. The summed E-state index contributed by atoms with van der Waals surface area (Å²) in [6.07, 6.45) is 0. The van der Waals surface area contributed by atoms with Crippen LogP contribution in [0.3, 0.4) is 0 Å². The van der Waals surface area contributed by atoms with E-state index in [4.69, 9.17) is 9.47 Å². The molecular weight excluding hydrogens is 316 g/mol. The van der Waals surface area contributed by atoms with Gasteiger partial charge in [-0.05, 0) is 30.7 Å². The number of rotatable bonds is 6. The smallest absolute Gasteiger partial charge is 0.259 e. The molecule has 2 aromatic rings. The van der Waals surface area contributed by atoms with E-state index in [0.29, 0.717) is 12.4 Å². The number of benzene rings is 2. The lowest BCUT2D eigenvalue weighted by atomic mass is 10.0. The van der Waals surface area contributed by atoms with E-state index in [1.165, 1.54) is 10.5 Å². The molecule has 1 amide bonds. The van der Waals surface area contributed by atoms with Gasteiger partial charge >= 0.3 is 0 Å². The van der Waals surface area contributed by atoms with Crippen molar-refractivity contribution in [3.8, 4) is 11.5 Å². The Balaban J connectivity index is 1.64. The van der Waals surface area contributed by atoms with E-state index in [2.05, 4.69) is 24.4 Å². The molecule has 132 valence electrons. The highest BCUT2D eigenvalue weighted by atomic mass is 16.5. The van der Waals surface area contributed by atoms with Gasteiger partial charge in [-0.15, -0.1) is 0 Å². The van der Waals surface area contributed by atoms with Crippen LogP contribution in [-0.2, 0) is 4.79 Å². The fraction of sp³-hybridized carbons (Fsp3) is 0.350. The Morgan fingerprint density at radius 2 is 2.08 bits per heavy atom. The second-order valence-electron chi connectivity index (χ2n) is 6.44. The van der Waals surface area contributed by atoms with Crippen molar-refractivity contribution < 1.29 is 14.3 Å². The van der Waals surface area contributed by atoms with E-state index < -0.39 is 0 Å². The highest BCUT2D eigenvalue weighted by Gasteiger charge is 2.25. The molecule has 3 rings (SSSR count). The summed E-state index contributed by atoms with van der Waals surface area (Å²) in [5.41, 5.74) is 2.30. The number of hydrogen-bond donors (Lipinski definition) is 1. The zero-order chi connectivity index (χ0) is 17.8.